The molecule has 0 bridgehead atoms. The highest BCUT2D eigenvalue weighted by Gasteiger charge is 2.11. The topological polar surface area (TPSA) is 30.0 Å². The molecule has 0 radical (unpaired) electrons. The summed E-state index contributed by atoms with van der Waals surface area (Å²) in [5, 5.41) is 0. The van der Waals surface area contributed by atoms with Crippen LogP contribution in [0.25, 0.3) is 11.1 Å². The Hall–Kier alpha value is -2.03. The predicted molar refractivity (Wildman–Crippen MR) is 59.8 cm³/mol. The first-order valence-electron chi connectivity index (χ1n) is 4.88. The van der Waals surface area contributed by atoms with Crippen LogP contribution in [0, 0.1) is 12.7 Å². The van der Waals surface area contributed by atoms with Crippen molar-refractivity contribution in [2.75, 3.05) is 0 Å². The molecule has 0 unspecified atom stereocenters. The normalized spacial score (nSPS) is 10.1. The average molecular weight is 215 g/mol. The van der Waals surface area contributed by atoms with E-state index in [1.165, 1.54) is 6.20 Å². The zero-order valence-corrected chi connectivity index (χ0v) is 8.77. The van der Waals surface area contributed by atoms with Crippen LogP contribution in [0.15, 0.2) is 36.7 Å². The molecule has 0 aliphatic carbocycles. The number of carbonyl (C=O) groups is 1. The van der Waals surface area contributed by atoms with Crippen molar-refractivity contribution in [3.8, 4) is 11.1 Å². The van der Waals surface area contributed by atoms with E-state index in [1.807, 2.05) is 31.2 Å². The molecule has 0 saturated heterocycles. The second kappa shape index (κ2) is 4.23. The Kier molecular flexibility index (Phi) is 2.77. The van der Waals surface area contributed by atoms with Crippen LogP contribution in [-0.4, -0.2) is 11.3 Å². The molecule has 80 valence electrons. The van der Waals surface area contributed by atoms with Gasteiger partial charge in [0.1, 0.15) is 0 Å². The first kappa shape index (κ1) is 10.5. The Morgan fingerprint density at radius 1 is 1.19 bits per heavy atom. The molecule has 2 rings (SSSR count). The van der Waals surface area contributed by atoms with Gasteiger partial charge in [-0.15, -0.1) is 0 Å². The van der Waals surface area contributed by atoms with E-state index in [9.17, 15) is 9.18 Å². The molecule has 0 amide bonds. The van der Waals surface area contributed by atoms with Crippen LogP contribution in [0.5, 0.6) is 0 Å². The smallest absolute Gasteiger partial charge is 0.153 e. The zero-order chi connectivity index (χ0) is 11.5. The summed E-state index contributed by atoms with van der Waals surface area (Å²) >= 11 is 0. The standard InChI is InChI=1S/C13H10FNO/c1-9-4-2-3-5-10(9)11-6-15-7-13(14)12(11)8-16/h2-8H,1H3. The molecule has 0 saturated carbocycles. The van der Waals surface area contributed by atoms with Gasteiger partial charge in [0.2, 0.25) is 0 Å². The number of hydrogen-bond acceptors (Lipinski definition) is 2. The van der Waals surface area contributed by atoms with Gasteiger partial charge in [0.15, 0.2) is 12.1 Å². The molecular formula is C13H10FNO. The number of rotatable bonds is 2. The summed E-state index contributed by atoms with van der Waals surface area (Å²) in [4.78, 5) is 14.6. The van der Waals surface area contributed by atoms with E-state index in [2.05, 4.69) is 4.98 Å². The van der Waals surface area contributed by atoms with Gasteiger partial charge >= 0.3 is 0 Å². The lowest BCUT2D eigenvalue weighted by atomic mass is 9.98. The summed E-state index contributed by atoms with van der Waals surface area (Å²) < 4.78 is 13.4. The van der Waals surface area contributed by atoms with Gasteiger partial charge in [-0.3, -0.25) is 9.78 Å². The van der Waals surface area contributed by atoms with Gasteiger partial charge in [-0.1, -0.05) is 24.3 Å². The molecule has 0 spiro atoms. The molecule has 1 aromatic heterocycles. The summed E-state index contributed by atoms with van der Waals surface area (Å²) in [6.07, 6.45) is 3.08. The third-order valence-electron chi connectivity index (χ3n) is 2.49. The quantitative estimate of drug-likeness (QED) is 0.721. The first-order valence-corrected chi connectivity index (χ1v) is 4.88. The molecule has 0 atom stereocenters. The molecular weight excluding hydrogens is 205 g/mol. The molecule has 1 aromatic carbocycles. The summed E-state index contributed by atoms with van der Waals surface area (Å²) in [5.41, 5.74) is 2.41. The number of halogens is 1. The van der Waals surface area contributed by atoms with Gasteiger partial charge in [0.25, 0.3) is 0 Å². The van der Waals surface area contributed by atoms with E-state index in [1.54, 1.807) is 0 Å². The van der Waals surface area contributed by atoms with Gasteiger partial charge in [-0.25, -0.2) is 4.39 Å². The van der Waals surface area contributed by atoms with E-state index in [0.29, 0.717) is 11.8 Å². The number of carbonyl (C=O) groups excluding carboxylic acids is 1. The highest BCUT2D eigenvalue weighted by atomic mass is 19.1. The summed E-state index contributed by atoms with van der Waals surface area (Å²) in [7, 11) is 0. The zero-order valence-electron chi connectivity index (χ0n) is 8.77. The Labute approximate surface area is 92.8 Å². The molecule has 0 fully saturated rings. The number of hydrogen-bond donors (Lipinski definition) is 0. The van der Waals surface area contributed by atoms with Crippen molar-refractivity contribution in [2.24, 2.45) is 0 Å². The SMILES string of the molecule is Cc1ccccc1-c1cncc(F)c1C=O. The van der Waals surface area contributed by atoms with Gasteiger partial charge < -0.3 is 0 Å². The maximum atomic E-state index is 13.4. The number of nitrogens with zero attached hydrogens (tertiary/aromatic N) is 1. The maximum Gasteiger partial charge on any atom is 0.153 e. The Morgan fingerprint density at radius 2 is 1.94 bits per heavy atom. The lowest BCUT2D eigenvalue weighted by Gasteiger charge is -2.07. The van der Waals surface area contributed by atoms with Crippen LogP contribution >= 0.6 is 0 Å². The number of aromatic nitrogens is 1. The minimum Gasteiger partial charge on any atom is -0.298 e. The van der Waals surface area contributed by atoms with Crippen molar-refractivity contribution in [3.05, 3.63) is 53.6 Å². The Balaban J connectivity index is 2.69. The first-order chi connectivity index (χ1) is 7.74. The second-order valence-electron chi connectivity index (χ2n) is 3.52. The fourth-order valence-corrected chi connectivity index (χ4v) is 1.65. The molecule has 0 aliphatic heterocycles. The molecule has 2 nitrogen and oxygen atoms in total. The Morgan fingerprint density at radius 3 is 2.62 bits per heavy atom. The molecule has 0 aliphatic rings. The van der Waals surface area contributed by atoms with Crippen LogP contribution < -0.4 is 0 Å². The minimum absolute atomic E-state index is 0.0595. The third-order valence-corrected chi connectivity index (χ3v) is 2.49. The van der Waals surface area contributed by atoms with E-state index in [4.69, 9.17) is 0 Å². The Bertz CT molecular complexity index is 537. The highest BCUT2D eigenvalue weighted by molar-refractivity contribution is 5.88. The number of benzene rings is 1. The van der Waals surface area contributed by atoms with Crippen molar-refractivity contribution in [1.82, 2.24) is 4.98 Å². The largest absolute Gasteiger partial charge is 0.298 e. The number of pyridine rings is 1. The average Bonchev–Trinajstić information content (AvgIpc) is 2.29. The minimum atomic E-state index is -0.587. The third kappa shape index (κ3) is 1.72. The molecule has 3 heteroatoms. The van der Waals surface area contributed by atoms with Crippen molar-refractivity contribution < 1.29 is 9.18 Å². The number of aldehydes is 1. The molecule has 0 N–H and O–H groups in total. The van der Waals surface area contributed by atoms with Crippen molar-refractivity contribution >= 4 is 6.29 Å². The van der Waals surface area contributed by atoms with Gasteiger partial charge in [0.05, 0.1) is 11.8 Å². The van der Waals surface area contributed by atoms with Gasteiger partial charge in [-0.2, -0.15) is 0 Å². The van der Waals surface area contributed by atoms with E-state index in [0.717, 1.165) is 17.3 Å². The fourth-order valence-electron chi connectivity index (χ4n) is 1.65. The van der Waals surface area contributed by atoms with E-state index >= 15 is 0 Å². The lowest BCUT2D eigenvalue weighted by Crippen LogP contribution is -1.95. The summed E-state index contributed by atoms with van der Waals surface area (Å²) in [6, 6.07) is 7.50. The lowest BCUT2D eigenvalue weighted by molar-refractivity contribution is 0.112. The van der Waals surface area contributed by atoms with Crippen LogP contribution in [-0.2, 0) is 0 Å². The predicted octanol–water partition coefficient (Wildman–Crippen LogP) is 3.01. The van der Waals surface area contributed by atoms with Gasteiger partial charge in [0, 0.05) is 11.8 Å². The second-order valence-corrected chi connectivity index (χ2v) is 3.52. The van der Waals surface area contributed by atoms with Crippen molar-refractivity contribution in [1.29, 1.82) is 0 Å². The van der Waals surface area contributed by atoms with Crippen LogP contribution in [0.2, 0.25) is 0 Å². The van der Waals surface area contributed by atoms with E-state index < -0.39 is 5.82 Å². The van der Waals surface area contributed by atoms with Crippen molar-refractivity contribution in [2.45, 2.75) is 6.92 Å². The van der Waals surface area contributed by atoms with Crippen molar-refractivity contribution in [3.63, 3.8) is 0 Å². The van der Waals surface area contributed by atoms with Crippen LogP contribution in [0.3, 0.4) is 0 Å². The van der Waals surface area contributed by atoms with Crippen LogP contribution in [0.4, 0.5) is 4.39 Å². The van der Waals surface area contributed by atoms with Crippen LogP contribution in [0.1, 0.15) is 15.9 Å². The summed E-state index contributed by atoms with van der Waals surface area (Å²) in [5.74, 6) is -0.587. The van der Waals surface area contributed by atoms with Gasteiger partial charge in [-0.05, 0) is 18.1 Å². The number of aryl methyl sites for hydroxylation is 1. The molecule has 16 heavy (non-hydrogen) atoms. The monoisotopic (exact) mass is 215 g/mol. The maximum absolute atomic E-state index is 13.4. The molecule has 1 heterocycles. The highest BCUT2D eigenvalue weighted by Crippen LogP contribution is 2.26. The summed E-state index contributed by atoms with van der Waals surface area (Å²) in [6.45, 7) is 1.91. The van der Waals surface area contributed by atoms with E-state index in [-0.39, 0.29) is 5.56 Å². The fraction of sp³-hybridized carbons (Fsp3) is 0.0769. The molecule has 2 aromatic rings.